The van der Waals surface area contributed by atoms with E-state index in [1.807, 2.05) is 13.8 Å². The van der Waals surface area contributed by atoms with Gasteiger partial charge in [-0.2, -0.15) is 0 Å². The van der Waals surface area contributed by atoms with Crippen LogP contribution in [0.5, 0.6) is 0 Å². The highest BCUT2D eigenvalue weighted by atomic mass is 35.5. The number of amides is 2. The molecular formula is C25H25Cl2N3O4S. The molecule has 0 saturated carbocycles. The molecule has 3 aromatic carbocycles. The van der Waals surface area contributed by atoms with Crippen LogP contribution in [0.4, 0.5) is 11.4 Å². The lowest BCUT2D eigenvalue weighted by atomic mass is 10.1. The maximum Gasteiger partial charge on any atom is 0.264 e. The smallest absolute Gasteiger partial charge is 0.264 e. The summed E-state index contributed by atoms with van der Waals surface area (Å²) in [7, 11) is -4.15. The number of nitrogens with one attached hydrogen (secondary N) is 1. The minimum absolute atomic E-state index is 0.00377. The minimum atomic E-state index is -4.15. The average Bonchev–Trinajstić information content (AvgIpc) is 2.84. The highest BCUT2D eigenvalue weighted by molar-refractivity contribution is 7.92. The number of hydrogen-bond donors (Lipinski definition) is 1. The lowest BCUT2D eigenvalue weighted by Gasteiger charge is -2.25. The molecule has 0 radical (unpaired) electrons. The lowest BCUT2D eigenvalue weighted by Crippen LogP contribution is -2.38. The van der Waals surface area contributed by atoms with Crippen LogP contribution in [0.25, 0.3) is 0 Å². The van der Waals surface area contributed by atoms with Crippen molar-refractivity contribution in [2.45, 2.75) is 18.7 Å². The fourth-order valence-electron chi connectivity index (χ4n) is 3.48. The molecule has 0 bridgehead atoms. The van der Waals surface area contributed by atoms with E-state index in [1.54, 1.807) is 47.4 Å². The number of carbonyl (C=O) groups excluding carboxylic acids is 2. The first kappa shape index (κ1) is 26.5. The quantitative estimate of drug-likeness (QED) is 0.403. The summed E-state index contributed by atoms with van der Waals surface area (Å²) in [6, 6.07) is 18.7. The molecule has 2 amide bonds. The molecule has 0 aliphatic rings. The van der Waals surface area contributed by atoms with Gasteiger partial charge in [0.25, 0.3) is 15.9 Å². The van der Waals surface area contributed by atoms with Crippen LogP contribution in [0.1, 0.15) is 24.2 Å². The maximum absolute atomic E-state index is 13.5. The van der Waals surface area contributed by atoms with Crippen LogP contribution in [0.3, 0.4) is 0 Å². The second-order valence-corrected chi connectivity index (χ2v) is 10.2. The third-order valence-corrected chi connectivity index (χ3v) is 7.59. The Bertz CT molecular complexity index is 1310. The molecule has 0 unspecified atom stereocenters. The number of benzene rings is 3. The van der Waals surface area contributed by atoms with Crippen LogP contribution in [0, 0.1) is 0 Å². The van der Waals surface area contributed by atoms with E-state index in [2.05, 4.69) is 5.32 Å². The summed E-state index contributed by atoms with van der Waals surface area (Å²) in [5.74, 6) is -0.879. The van der Waals surface area contributed by atoms with Gasteiger partial charge in [0.2, 0.25) is 5.91 Å². The number of nitrogens with zero attached hydrogens (tertiary/aromatic N) is 2. The number of anilines is 2. The first-order chi connectivity index (χ1) is 16.7. The van der Waals surface area contributed by atoms with Gasteiger partial charge in [0.15, 0.2) is 0 Å². The number of sulfonamides is 1. The third kappa shape index (κ3) is 6.14. The fraction of sp³-hybridized carbons (Fsp3) is 0.200. The molecule has 1 N–H and O–H groups in total. The topological polar surface area (TPSA) is 86.8 Å². The first-order valence-corrected chi connectivity index (χ1v) is 13.1. The van der Waals surface area contributed by atoms with E-state index in [4.69, 9.17) is 23.2 Å². The highest BCUT2D eigenvalue weighted by Gasteiger charge is 2.29. The van der Waals surface area contributed by atoms with E-state index in [0.29, 0.717) is 23.7 Å². The van der Waals surface area contributed by atoms with E-state index in [0.717, 1.165) is 4.31 Å². The zero-order chi connectivity index (χ0) is 25.6. The van der Waals surface area contributed by atoms with Crippen LogP contribution in [-0.4, -0.2) is 44.8 Å². The summed E-state index contributed by atoms with van der Waals surface area (Å²) in [5.41, 5.74) is 0.697. The molecule has 0 aliphatic carbocycles. The van der Waals surface area contributed by atoms with Crippen molar-refractivity contribution in [3.05, 3.63) is 88.4 Å². The maximum atomic E-state index is 13.5. The van der Waals surface area contributed by atoms with Crippen molar-refractivity contribution >= 4 is 56.4 Å². The van der Waals surface area contributed by atoms with E-state index in [-0.39, 0.29) is 27.2 Å². The van der Waals surface area contributed by atoms with Crippen molar-refractivity contribution in [3.63, 3.8) is 0 Å². The molecule has 0 aromatic heterocycles. The van der Waals surface area contributed by atoms with Gasteiger partial charge in [0, 0.05) is 18.1 Å². The number of carbonyl (C=O) groups is 2. The molecular weight excluding hydrogens is 509 g/mol. The normalized spacial score (nSPS) is 11.1. The Labute approximate surface area is 215 Å². The second kappa shape index (κ2) is 11.6. The van der Waals surface area contributed by atoms with E-state index in [9.17, 15) is 18.0 Å². The van der Waals surface area contributed by atoms with Crippen LogP contribution >= 0.6 is 23.2 Å². The summed E-state index contributed by atoms with van der Waals surface area (Å²) in [6.07, 6.45) is 0. The van der Waals surface area contributed by atoms with Gasteiger partial charge >= 0.3 is 0 Å². The molecule has 35 heavy (non-hydrogen) atoms. The van der Waals surface area contributed by atoms with E-state index >= 15 is 0 Å². The average molecular weight is 534 g/mol. The SMILES string of the molecule is CCN(CC)C(=O)c1ccccc1NC(=O)CN(c1ccc(Cl)cc1Cl)S(=O)(=O)c1ccccc1. The standard InChI is InChI=1S/C25H25Cl2N3O4S/c1-3-29(4-2)25(32)20-12-8-9-13-22(20)28-24(31)17-30(23-15-14-18(26)16-21(23)27)35(33,34)19-10-6-5-7-11-19/h5-16H,3-4,17H2,1-2H3,(H,28,31). The van der Waals surface area contributed by atoms with Crippen LogP contribution in [-0.2, 0) is 14.8 Å². The van der Waals surface area contributed by atoms with Gasteiger partial charge in [0.1, 0.15) is 6.54 Å². The molecule has 3 rings (SSSR count). The molecule has 0 saturated heterocycles. The number of halogens is 2. The van der Waals surface area contributed by atoms with Gasteiger partial charge in [-0.15, -0.1) is 0 Å². The summed E-state index contributed by atoms with van der Waals surface area (Å²) < 4.78 is 27.9. The van der Waals surface area contributed by atoms with Crippen LogP contribution in [0.2, 0.25) is 10.0 Å². The van der Waals surface area contributed by atoms with Crippen molar-refractivity contribution in [1.82, 2.24) is 4.90 Å². The van der Waals surface area contributed by atoms with Crippen molar-refractivity contribution in [2.24, 2.45) is 0 Å². The van der Waals surface area contributed by atoms with E-state index in [1.165, 1.54) is 30.3 Å². The third-order valence-electron chi connectivity index (χ3n) is 5.28. The largest absolute Gasteiger partial charge is 0.339 e. The van der Waals surface area contributed by atoms with Crippen LogP contribution < -0.4 is 9.62 Å². The summed E-state index contributed by atoms with van der Waals surface area (Å²) >= 11 is 12.3. The summed E-state index contributed by atoms with van der Waals surface area (Å²) in [5, 5.41) is 3.08. The van der Waals surface area contributed by atoms with Crippen LogP contribution in [0.15, 0.2) is 77.7 Å². The Hall–Kier alpha value is -3.07. The molecule has 0 fully saturated rings. The number of para-hydroxylation sites is 1. The summed E-state index contributed by atoms with van der Waals surface area (Å²) in [4.78, 5) is 27.7. The number of hydrogen-bond acceptors (Lipinski definition) is 4. The van der Waals surface area contributed by atoms with Gasteiger partial charge in [-0.1, -0.05) is 53.5 Å². The molecule has 0 atom stereocenters. The zero-order valence-corrected chi connectivity index (χ0v) is 21.6. The van der Waals surface area contributed by atoms with Gasteiger partial charge < -0.3 is 10.2 Å². The molecule has 7 nitrogen and oxygen atoms in total. The minimum Gasteiger partial charge on any atom is -0.339 e. The first-order valence-electron chi connectivity index (χ1n) is 10.9. The summed E-state index contributed by atoms with van der Waals surface area (Å²) in [6.45, 7) is 4.17. The van der Waals surface area contributed by atoms with Gasteiger partial charge in [0.05, 0.1) is 26.9 Å². The zero-order valence-electron chi connectivity index (χ0n) is 19.2. The van der Waals surface area contributed by atoms with Crippen molar-refractivity contribution in [1.29, 1.82) is 0 Å². The Morgan fingerprint density at radius 1 is 0.886 bits per heavy atom. The van der Waals surface area contributed by atoms with Gasteiger partial charge in [-0.05, 0) is 56.3 Å². The highest BCUT2D eigenvalue weighted by Crippen LogP contribution is 2.32. The molecule has 3 aromatic rings. The Kier molecular flexibility index (Phi) is 8.77. The Balaban J connectivity index is 1.97. The molecule has 0 aliphatic heterocycles. The fourth-order valence-corrected chi connectivity index (χ4v) is 5.50. The monoisotopic (exact) mass is 533 g/mol. The van der Waals surface area contributed by atoms with Crippen molar-refractivity contribution in [2.75, 3.05) is 29.3 Å². The lowest BCUT2D eigenvalue weighted by molar-refractivity contribution is -0.114. The Morgan fingerprint density at radius 2 is 1.51 bits per heavy atom. The number of rotatable bonds is 9. The molecule has 10 heteroatoms. The molecule has 0 spiro atoms. The Morgan fingerprint density at radius 3 is 2.14 bits per heavy atom. The predicted octanol–water partition coefficient (Wildman–Crippen LogP) is 5.31. The van der Waals surface area contributed by atoms with Crippen molar-refractivity contribution < 1.29 is 18.0 Å². The van der Waals surface area contributed by atoms with Gasteiger partial charge in [-0.3, -0.25) is 13.9 Å². The van der Waals surface area contributed by atoms with Gasteiger partial charge in [-0.25, -0.2) is 8.42 Å². The molecule has 184 valence electrons. The van der Waals surface area contributed by atoms with Crippen molar-refractivity contribution in [3.8, 4) is 0 Å². The molecule has 0 heterocycles. The predicted molar refractivity (Wildman–Crippen MR) is 140 cm³/mol. The second-order valence-electron chi connectivity index (χ2n) is 7.49. The van der Waals surface area contributed by atoms with E-state index < -0.39 is 22.5 Å².